The number of nitrogens with zero attached hydrogens (tertiary/aromatic N) is 3. The number of aromatic nitrogens is 2. The van der Waals surface area contributed by atoms with E-state index in [1.807, 2.05) is 0 Å². The average molecular weight is 252 g/mol. The number of anilines is 1. The Morgan fingerprint density at radius 2 is 2.33 bits per heavy atom. The van der Waals surface area contributed by atoms with Crippen LogP contribution in [0.25, 0.3) is 0 Å². The molecule has 100 valence electrons. The van der Waals surface area contributed by atoms with Crippen molar-refractivity contribution < 1.29 is 9.53 Å². The summed E-state index contributed by atoms with van der Waals surface area (Å²) in [4.78, 5) is 14.0. The van der Waals surface area contributed by atoms with Crippen LogP contribution in [0.4, 0.5) is 5.69 Å². The van der Waals surface area contributed by atoms with Gasteiger partial charge >= 0.3 is 0 Å². The molecule has 18 heavy (non-hydrogen) atoms. The molecule has 1 heterocycles. The van der Waals surface area contributed by atoms with E-state index in [2.05, 4.69) is 11.7 Å². The monoisotopic (exact) mass is 252 g/mol. The van der Waals surface area contributed by atoms with Gasteiger partial charge in [0.05, 0.1) is 18.0 Å². The summed E-state index contributed by atoms with van der Waals surface area (Å²) in [5.74, 6) is -0.160. The highest BCUT2D eigenvalue weighted by atomic mass is 16.5. The van der Waals surface area contributed by atoms with Crippen molar-refractivity contribution in [3.63, 3.8) is 0 Å². The van der Waals surface area contributed by atoms with Crippen molar-refractivity contribution in [3.05, 3.63) is 24.0 Å². The van der Waals surface area contributed by atoms with Crippen LogP contribution >= 0.6 is 0 Å². The van der Waals surface area contributed by atoms with Gasteiger partial charge < -0.3 is 15.4 Å². The van der Waals surface area contributed by atoms with Crippen molar-refractivity contribution in [2.24, 2.45) is 7.05 Å². The van der Waals surface area contributed by atoms with E-state index in [1.54, 1.807) is 32.1 Å². The van der Waals surface area contributed by atoms with Crippen LogP contribution in [0.3, 0.4) is 0 Å². The van der Waals surface area contributed by atoms with Gasteiger partial charge in [0.15, 0.2) is 0 Å². The van der Waals surface area contributed by atoms with Gasteiger partial charge in [-0.1, -0.05) is 6.08 Å². The number of nitrogens with two attached hydrogens (primary N) is 1. The molecular formula is C12H20N4O2. The zero-order valence-electron chi connectivity index (χ0n) is 11.1. The number of rotatable bonds is 6. The maximum absolute atomic E-state index is 12.4. The second kappa shape index (κ2) is 6.20. The van der Waals surface area contributed by atoms with Gasteiger partial charge in [0.25, 0.3) is 5.91 Å². The molecule has 1 amide bonds. The molecule has 0 aromatic carbocycles. The molecule has 0 aliphatic carbocycles. The Morgan fingerprint density at radius 1 is 1.67 bits per heavy atom. The van der Waals surface area contributed by atoms with Crippen molar-refractivity contribution in [2.75, 3.05) is 32.5 Å². The highest BCUT2D eigenvalue weighted by molar-refractivity contribution is 5.98. The summed E-state index contributed by atoms with van der Waals surface area (Å²) in [7, 11) is 3.30. The van der Waals surface area contributed by atoms with Crippen molar-refractivity contribution >= 4 is 11.6 Å². The number of aryl methyl sites for hydroxylation is 2. The summed E-state index contributed by atoms with van der Waals surface area (Å²) >= 11 is 0. The number of carbonyl (C=O) groups is 1. The van der Waals surface area contributed by atoms with E-state index >= 15 is 0 Å². The first-order valence-electron chi connectivity index (χ1n) is 5.71. The SMILES string of the molecule is C=CCN(CCOC)C(=O)c1c(N)c(C)nn1C. The fraction of sp³-hybridized carbons (Fsp3) is 0.500. The third kappa shape index (κ3) is 2.89. The van der Waals surface area contributed by atoms with Gasteiger partial charge in [-0.25, -0.2) is 0 Å². The maximum Gasteiger partial charge on any atom is 0.274 e. The van der Waals surface area contributed by atoms with E-state index in [-0.39, 0.29) is 5.91 Å². The van der Waals surface area contributed by atoms with Crippen LogP contribution in [0.5, 0.6) is 0 Å². The molecule has 0 saturated heterocycles. The minimum Gasteiger partial charge on any atom is -0.395 e. The molecule has 6 heteroatoms. The van der Waals surface area contributed by atoms with Gasteiger partial charge in [-0.2, -0.15) is 5.10 Å². The summed E-state index contributed by atoms with van der Waals surface area (Å²) < 4.78 is 6.50. The third-order valence-electron chi connectivity index (χ3n) is 2.67. The molecule has 0 unspecified atom stereocenters. The number of nitrogen functional groups attached to an aromatic ring is 1. The van der Waals surface area contributed by atoms with Crippen LogP contribution in [0.15, 0.2) is 12.7 Å². The lowest BCUT2D eigenvalue weighted by atomic mass is 10.2. The lowest BCUT2D eigenvalue weighted by Gasteiger charge is -2.20. The van der Waals surface area contributed by atoms with Gasteiger partial charge in [0.1, 0.15) is 5.69 Å². The molecule has 0 atom stereocenters. The molecular weight excluding hydrogens is 232 g/mol. The van der Waals surface area contributed by atoms with Gasteiger partial charge in [0, 0.05) is 27.2 Å². The minimum atomic E-state index is -0.160. The average Bonchev–Trinajstić information content (AvgIpc) is 2.58. The van der Waals surface area contributed by atoms with E-state index in [4.69, 9.17) is 10.5 Å². The quantitative estimate of drug-likeness (QED) is 0.752. The number of carbonyl (C=O) groups excluding carboxylic acids is 1. The van der Waals surface area contributed by atoms with E-state index in [1.165, 1.54) is 4.68 Å². The predicted octanol–water partition coefficient (Wildman–Crippen LogP) is 0.585. The van der Waals surface area contributed by atoms with E-state index in [0.717, 1.165) is 0 Å². The zero-order valence-corrected chi connectivity index (χ0v) is 11.1. The third-order valence-corrected chi connectivity index (χ3v) is 2.67. The lowest BCUT2D eigenvalue weighted by molar-refractivity contribution is 0.0708. The predicted molar refractivity (Wildman–Crippen MR) is 70.3 cm³/mol. The molecule has 0 bridgehead atoms. The highest BCUT2D eigenvalue weighted by Crippen LogP contribution is 2.17. The zero-order chi connectivity index (χ0) is 13.7. The molecule has 0 aliphatic rings. The standard InChI is InChI=1S/C12H20N4O2/c1-5-6-16(7-8-18-4)12(17)11-10(13)9(2)14-15(11)3/h5H,1,6-8,13H2,2-4H3. The maximum atomic E-state index is 12.4. The van der Waals surface area contributed by atoms with Crippen molar-refractivity contribution in [1.29, 1.82) is 0 Å². The first kappa shape index (κ1) is 14.2. The summed E-state index contributed by atoms with van der Waals surface area (Å²) in [6.45, 7) is 6.83. The van der Waals surface area contributed by atoms with E-state index in [9.17, 15) is 4.79 Å². The molecule has 0 aliphatic heterocycles. The second-order valence-electron chi connectivity index (χ2n) is 4.00. The van der Waals surface area contributed by atoms with Crippen LogP contribution in [-0.2, 0) is 11.8 Å². The molecule has 1 rings (SSSR count). The number of hydrogen-bond donors (Lipinski definition) is 1. The van der Waals surface area contributed by atoms with Crippen LogP contribution in [0.1, 0.15) is 16.2 Å². The normalized spacial score (nSPS) is 10.4. The number of ether oxygens (including phenoxy) is 1. The Balaban J connectivity index is 2.97. The van der Waals surface area contributed by atoms with Crippen molar-refractivity contribution in [1.82, 2.24) is 14.7 Å². The van der Waals surface area contributed by atoms with Crippen LogP contribution in [-0.4, -0.2) is 47.4 Å². The molecule has 0 fully saturated rings. The van der Waals surface area contributed by atoms with E-state index in [0.29, 0.717) is 36.8 Å². The van der Waals surface area contributed by atoms with Gasteiger partial charge in [0.2, 0.25) is 0 Å². The second-order valence-corrected chi connectivity index (χ2v) is 4.00. The van der Waals surface area contributed by atoms with Crippen LogP contribution in [0, 0.1) is 6.92 Å². The molecule has 6 nitrogen and oxygen atoms in total. The highest BCUT2D eigenvalue weighted by Gasteiger charge is 2.22. The Labute approximate surface area is 107 Å². The lowest BCUT2D eigenvalue weighted by Crippen LogP contribution is -2.35. The summed E-state index contributed by atoms with van der Waals surface area (Å²) in [6.07, 6.45) is 1.67. The van der Waals surface area contributed by atoms with Crippen molar-refractivity contribution in [2.45, 2.75) is 6.92 Å². The first-order valence-corrected chi connectivity index (χ1v) is 5.71. The molecule has 0 radical (unpaired) electrons. The fourth-order valence-electron chi connectivity index (χ4n) is 1.71. The van der Waals surface area contributed by atoms with E-state index < -0.39 is 0 Å². The smallest absolute Gasteiger partial charge is 0.274 e. The van der Waals surface area contributed by atoms with Crippen LogP contribution < -0.4 is 5.73 Å². The van der Waals surface area contributed by atoms with Gasteiger partial charge in [-0.3, -0.25) is 9.48 Å². The van der Waals surface area contributed by atoms with Gasteiger partial charge in [-0.05, 0) is 6.92 Å². The minimum absolute atomic E-state index is 0.160. The fourth-order valence-corrected chi connectivity index (χ4v) is 1.71. The number of hydrogen-bond acceptors (Lipinski definition) is 4. The molecule has 0 saturated carbocycles. The summed E-state index contributed by atoms with van der Waals surface area (Å²) in [5, 5.41) is 4.14. The molecule has 2 N–H and O–H groups in total. The molecule has 1 aromatic rings. The Bertz CT molecular complexity index is 440. The summed E-state index contributed by atoms with van der Waals surface area (Å²) in [5.41, 5.74) is 7.37. The Morgan fingerprint density at radius 3 is 2.78 bits per heavy atom. The van der Waals surface area contributed by atoms with Gasteiger partial charge in [-0.15, -0.1) is 6.58 Å². The molecule has 1 aromatic heterocycles. The topological polar surface area (TPSA) is 73.4 Å². The Hall–Kier alpha value is -1.82. The largest absolute Gasteiger partial charge is 0.395 e. The van der Waals surface area contributed by atoms with Crippen LogP contribution in [0.2, 0.25) is 0 Å². The first-order chi connectivity index (χ1) is 8.52. The van der Waals surface area contributed by atoms with Crippen molar-refractivity contribution in [3.8, 4) is 0 Å². The summed E-state index contributed by atoms with van der Waals surface area (Å²) in [6, 6.07) is 0. The number of methoxy groups -OCH3 is 1. The Kier molecular flexibility index (Phi) is 4.91. The molecule has 0 spiro atoms. The number of amides is 1.